The molecule has 3 heterocycles. The van der Waals surface area contributed by atoms with Crippen molar-refractivity contribution in [2.75, 3.05) is 5.32 Å². The third-order valence-corrected chi connectivity index (χ3v) is 4.47. The van der Waals surface area contributed by atoms with Gasteiger partial charge in [0.2, 0.25) is 0 Å². The maximum Gasteiger partial charge on any atom is 0.261 e. The molecular weight excluding hydrogens is 358 g/mol. The van der Waals surface area contributed by atoms with E-state index in [1.807, 2.05) is 24.3 Å². The number of para-hydroxylation sites is 1. The SMILES string of the molecule is O=C(Nc1ccc(-n2ncc3c(=O)[nH]cnc32)cc1)c1coc2ccccc12. The van der Waals surface area contributed by atoms with Crippen LogP contribution in [0, 0.1) is 0 Å². The van der Waals surface area contributed by atoms with Gasteiger partial charge in [-0.25, -0.2) is 9.67 Å². The number of aromatic nitrogens is 4. The molecule has 136 valence electrons. The molecular formula is C20H13N5O3. The normalized spacial score (nSPS) is 11.1. The van der Waals surface area contributed by atoms with Crippen LogP contribution in [0.25, 0.3) is 27.7 Å². The summed E-state index contributed by atoms with van der Waals surface area (Å²) >= 11 is 0. The molecule has 0 spiro atoms. The lowest BCUT2D eigenvalue weighted by molar-refractivity contribution is 0.102. The van der Waals surface area contributed by atoms with Crippen LogP contribution in [0.15, 0.2) is 76.5 Å². The van der Waals surface area contributed by atoms with E-state index in [9.17, 15) is 9.59 Å². The van der Waals surface area contributed by atoms with E-state index in [1.165, 1.54) is 18.8 Å². The van der Waals surface area contributed by atoms with Crippen LogP contribution in [0.2, 0.25) is 0 Å². The molecule has 0 atom stereocenters. The van der Waals surface area contributed by atoms with Crippen LogP contribution >= 0.6 is 0 Å². The third kappa shape index (κ3) is 2.55. The minimum Gasteiger partial charge on any atom is -0.463 e. The number of carbonyl (C=O) groups is 1. The zero-order valence-electron chi connectivity index (χ0n) is 14.4. The Morgan fingerprint density at radius 2 is 1.89 bits per heavy atom. The summed E-state index contributed by atoms with van der Waals surface area (Å²) in [6.07, 6.45) is 4.26. The Kier molecular flexibility index (Phi) is 3.55. The van der Waals surface area contributed by atoms with Gasteiger partial charge in [0.05, 0.1) is 23.8 Å². The number of H-pyrrole nitrogens is 1. The highest BCUT2D eigenvalue weighted by Crippen LogP contribution is 2.22. The molecule has 0 aliphatic rings. The van der Waals surface area contributed by atoms with Crippen molar-refractivity contribution in [3.05, 3.63) is 83.2 Å². The van der Waals surface area contributed by atoms with Gasteiger partial charge in [-0.1, -0.05) is 18.2 Å². The fourth-order valence-corrected chi connectivity index (χ4v) is 3.08. The van der Waals surface area contributed by atoms with E-state index in [-0.39, 0.29) is 11.5 Å². The van der Waals surface area contributed by atoms with Crippen molar-refractivity contribution >= 4 is 33.6 Å². The van der Waals surface area contributed by atoms with E-state index in [2.05, 4.69) is 20.4 Å². The number of hydrogen-bond acceptors (Lipinski definition) is 5. The van der Waals surface area contributed by atoms with Gasteiger partial charge in [0.25, 0.3) is 11.5 Å². The Labute approximate surface area is 157 Å². The van der Waals surface area contributed by atoms with Crippen molar-refractivity contribution in [2.45, 2.75) is 0 Å². The predicted octanol–water partition coefficient (Wildman–Crippen LogP) is 3.11. The Balaban J connectivity index is 1.43. The van der Waals surface area contributed by atoms with Crippen LogP contribution in [-0.4, -0.2) is 25.7 Å². The lowest BCUT2D eigenvalue weighted by atomic mass is 10.1. The van der Waals surface area contributed by atoms with E-state index in [4.69, 9.17) is 4.42 Å². The van der Waals surface area contributed by atoms with Gasteiger partial charge in [0.15, 0.2) is 5.65 Å². The molecule has 5 rings (SSSR count). The highest BCUT2D eigenvalue weighted by Gasteiger charge is 2.14. The predicted molar refractivity (Wildman–Crippen MR) is 104 cm³/mol. The number of fused-ring (bicyclic) bond motifs is 2. The lowest BCUT2D eigenvalue weighted by Gasteiger charge is -2.06. The first-order valence-corrected chi connectivity index (χ1v) is 8.50. The second-order valence-electron chi connectivity index (χ2n) is 6.17. The highest BCUT2D eigenvalue weighted by atomic mass is 16.3. The molecule has 1 amide bonds. The number of carbonyl (C=O) groups excluding carboxylic acids is 1. The number of anilines is 1. The first-order valence-electron chi connectivity index (χ1n) is 8.50. The van der Waals surface area contributed by atoms with Gasteiger partial charge in [-0.3, -0.25) is 9.59 Å². The van der Waals surface area contributed by atoms with Crippen molar-refractivity contribution in [1.29, 1.82) is 0 Å². The number of benzene rings is 2. The van der Waals surface area contributed by atoms with E-state index < -0.39 is 0 Å². The molecule has 2 N–H and O–H groups in total. The number of nitrogens with one attached hydrogen (secondary N) is 2. The molecule has 28 heavy (non-hydrogen) atoms. The fourth-order valence-electron chi connectivity index (χ4n) is 3.08. The van der Waals surface area contributed by atoms with Crippen LogP contribution in [0.1, 0.15) is 10.4 Å². The molecule has 0 aliphatic carbocycles. The Hall–Kier alpha value is -4.20. The van der Waals surface area contributed by atoms with Crippen molar-refractivity contribution < 1.29 is 9.21 Å². The van der Waals surface area contributed by atoms with Crippen molar-refractivity contribution in [1.82, 2.24) is 19.7 Å². The lowest BCUT2D eigenvalue weighted by Crippen LogP contribution is -2.11. The maximum atomic E-state index is 12.6. The standard InChI is InChI=1S/C20H13N5O3/c26-19-15-9-23-25(18(15)21-11-22-19)13-7-5-12(6-8-13)24-20(27)16-10-28-17-4-2-1-3-14(16)17/h1-11H,(H,24,27)(H,21,22,26). The summed E-state index contributed by atoms with van der Waals surface area (Å²) in [4.78, 5) is 31.1. The first kappa shape index (κ1) is 16.0. The van der Waals surface area contributed by atoms with Gasteiger partial charge in [-0.15, -0.1) is 0 Å². The second-order valence-corrected chi connectivity index (χ2v) is 6.17. The maximum absolute atomic E-state index is 12.6. The van der Waals surface area contributed by atoms with E-state index in [0.29, 0.717) is 27.9 Å². The Bertz CT molecular complexity index is 1380. The van der Waals surface area contributed by atoms with E-state index in [0.717, 1.165) is 11.1 Å². The summed E-state index contributed by atoms with van der Waals surface area (Å²) in [7, 11) is 0. The topological polar surface area (TPSA) is 106 Å². The van der Waals surface area contributed by atoms with Gasteiger partial charge < -0.3 is 14.7 Å². The number of amides is 1. The summed E-state index contributed by atoms with van der Waals surface area (Å²) < 4.78 is 6.99. The van der Waals surface area contributed by atoms with Gasteiger partial charge in [-0.2, -0.15) is 5.10 Å². The van der Waals surface area contributed by atoms with E-state index >= 15 is 0 Å². The first-order chi connectivity index (χ1) is 13.7. The molecule has 0 aliphatic heterocycles. The van der Waals surface area contributed by atoms with Crippen molar-refractivity contribution in [3.63, 3.8) is 0 Å². The summed E-state index contributed by atoms with van der Waals surface area (Å²) in [5.41, 5.74) is 2.70. The molecule has 0 saturated carbocycles. The number of rotatable bonds is 3. The zero-order chi connectivity index (χ0) is 19.1. The minimum absolute atomic E-state index is 0.243. The van der Waals surface area contributed by atoms with Crippen LogP contribution in [-0.2, 0) is 0 Å². The molecule has 0 bridgehead atoms. The molecule has 3 aromatic heterocycles. The molecule has 0 saturated heterocycles. The summed E-state index contributed by atoms with van der Waals surface area (Å²) in [6, 6.07) is 14.5. The van der Waals surface area contributed by atoms with Crippen LogP contribution in [0.4, 0.5) is 5.69 Å². The highest BCUT2D eigenvalue weighted by molar-refractivity contribution is 6.12. The number of furan rings is 1. The largest absolute Gasteiger partial charge is 0.463 e. The van der Waals surface area contributed by atoms with Gasteiger partial charge in [-0.05, 0) is 30.3 Å². The fraction of sp³-hybridized carbons (Fsp3) is 0. The smallest absolute Gasteiger partial charge is 0.261 e. The third-order valence-electron chi connectivity index (χ3n) is 4.47. The molecule has 8 nitrogen and oxygen atoms in total. The summed E-state index contributed by atoms with van der Waals surface area (Å²) in [5.74, 6) is -0.254. The van der Waals surface area contributed by atoms with Gasteiger partial charge in [0, 0.05) is 11.1 Å². The number of aromatic amines is 1. The van der Waals surface area contributed by atoms with Crippen LogP contribution < -0.4 is 10.9 Å². The average Bonchev–Trinajstić information content (AvgIpc) is 3.34. The zero-order valence-corrected chi connectivity index (χ0v) is 14.4. The molecule has 2 aromatic carbocycles. The Morgan fingerprint density at radius 1 is 1.07 bits per heavy atom. The monoisotopic (exact) mass is 371 g/mol. The summed E-state index contributed by atoms with van der Waals surface area (Å²) in [6.45, 7) is 0. The molecule has 8 heteroatoms. The Morgan fingerprint density at radius 3 is 2.75 bits per heavy atom. The molecule has 0 radical (unpaired) electrons. The molecule has 0 unspecified atom stereocenters. The molecule has 0 fully saturated rings. The number of hydrogen-bond donors (Lipinski definition) is 2. The van der Waals surface area contributed by atoms with Gasteiger partial charge in [0.1, 0.15) is 17.2 Å². The molecule has 5 aromatic rings. The second kappa shape index (κ2) is 6.20. The van der Waals surface area contributed by atoms with Crippen LogP contribution in [0.5, 0.6) is 0 Å². The van der Waals surface area contributed by atoms with Gasteiger partial charge >= 0.3 is 0 Å². The number of nitrogens with zero attached hydrogens (tertiary/aromatic N) is 3. The average molecular weight is 371 g/mol. The minimum atomic E-state index is -0.254. The van der Waals surface area contributed by atoms with Crippen molar-refractivity contribution in [3.8, 4) is 5.69 Å². The van der Waals surface area contributed by atoms with Crippen LogP contribution in [0.3, 0.4) is 0 Å². The van der Waals surface area contributed by atoms with E-state index in [1.54, 1.807) is 28.9 Å². The van der Waals surface area contributed by atoms with Crippen molar-refractivity contribution in [2.24, 2.45) is 0 Å². The summed E-state index contributed by atoms with van der Waals surface area (Å²) in [5, 5.41) is 8.25. The quantitative estimate of drug-likeness (QED) is 0.507.